The maximum absolute atomic E-state index is 12.3. The molecule has 0 radical (unpaired) electrons. The number of hydrogen-bond donors (Lipinski definition) is 2. The number of aliphatic hydroxyl groups excluding tert-OH is 1. The first-order valence-corrected chi connectivity index (χ1v) is 8.74. The second-order valence-electron chi connectivity index (χ2n) is 5.35. The molecule has 0 aromatic heterocycles. The van der Waals surface area contributed by atoms with Gasteiger partial charge in [0.1, 0.15) is 0 Å². The fourth-order valence-electron chi connectivity index (χ4n) is 2.49. The molecule has 0 aliphatic heterocycles. The highest BCUT2D eigenvalue weighted by molar-refractivity contribution is 7.89. The van der Waals surface area contributed by atoms with E-state index in [4.69, 9.17) is 5.11 Å². The lowest BCUT2D eigenvalue weighted by molar-refractivity contribution is 0.305. The number of aliphatic hydroxyl groups is 1. The molecule has 1 aromatic carbocycles. The van der Waals surface area contributed by atoms with Crippen LogP contribution in [0.4, 0.5) is 0 Å². The van der Waals surface area contributed by atoms with Gasteiger partial charge in [-0.05, 0) is 43.5 Å². The molecule has 114 valence electrons. The quantitative estimate of drug-likeness (QED) is 0.836. The summed E-state index contributed by atoms with van der Waals surface area (Å²) in [6.45, 7) is 1.88. The van der Waals surface area contributed by atoms with Gasteiger partial charge in [-0.1, -0.05) is 24.7 Å². The maximum atomic E-state index is 12.3. The van der Waals surface area contributed by atoms with Crippen molar-refractivity contribution >= 4 is 10.0 Å². The Hall–Kier alpha value is -1.35. The summed E-state index contributed by atoms with van der Waals surface area (Å²) in [5, 5.41) is 8.71. The molecule has 0 bridgehead atoms. The first kappa shape index (κ1) is 16.0. The molecule has 4 nitrogen and oxygen atoms in total. The van der Waals surface area contributed by atoms with Crippen molar-refractivity contribution in [3.63, 3.8) is 0 Å². The van der Waals surface area contributed by atoms with Gasteiger partial charge < -0.3 is 5.11 Å². The van der Waals surface area contributed by atoms with E-state index in [1.165, 1.54) is 0 Å². The predicted octanol–water partition coefficient (Wildman–Crippen LogP) is 1.95. The molecule has 1 aromatic rings. The van der Waals surface area contributed by atoms with Gasteiger partial charge in [0.25, 0.3) is 0 Å². The van der Waals surface area contributed by atoms with Gasteiger partial charge in [0.15, 0.2) is 0 Å². The van der Waals surface area contributed by atoms with Gasteiger partial charge in [0, 0.05) is 18.0 Å². The highest BCUT2D eigenvalue weighted by atomic mass is 32.2. The van der Waals surface area contributed by atoms with E-state index in [1.54, 1.807) is 18.2 Å². The Morgan fingerprint density at radius 2 is 2.05 bits per heavy atom. The van der Waals surface area contributed by atoms with Gasteiger partial charge in [-0.25, -0.2) is 13.1 Å². The summed E-state index contributed by atoms with van der Waals surface area (Å²) in [7, 11) is -3.45. The highest BCUT2D eigenvalue weighted by Crippen LogP contribution is 2.21. The van der Waals surface area contributed by atoms with Crippen LogP contribution in [-0.2, 0) is 10.0 Å². The Morgan fingerprint density at radius 1 is 1.33 bits per heavy atom. The molecule has 0 heterocycles. The molecule has 21 heavy (non-hydrogen) atoms. The van der Waals surface area contributed by atoms with Crippen molar-refractivity contribution in [2.45, 2.75) is 50.0 Å². The number of nitrogens with one attached hydrogen (secondary N) is 1. The molecular formula is C16H21NO3S. The number of rotatable bonds is 4. The first-order valence-electron chi connectivity index (χ1n) is 7.25. The highest BCUT2D eigenvalue weighted by Gasteiger charge is 2.23. The zero-order valence-electron chi connectivity index (χ0n) is 12.2. The topological polar surface area (TPSA) is 66.4 Å². The molecule has 0 amide bonds. The third-order valence-electron chi connectivity index (χ3n) is 3.65. The molecule has 1 aliphatic rings. The van der Waals surface area contributed by atoms with Crippen molar-refractivity contribution in [1.82, 2.24) is 4.72 Å². The van der Waals surface area contributed by atoms with Crippen LogP contribution in [0.15, 0.2) is 23.1 Å². The van der Waals surface area contributed by atoms with E-state index in [1.807, 2.05) is 6.92 Å². The van der Waals surface area contributed by atoms with E-state index in [0.29, 0.717) is 11.3 Å². The molecule has 0 saturated heterocycles. The van der Waals surface area contributed by atoms with E-state index >= 15 is 0 Å². The van der Waals surface area contributed by atoms with Gasteiger partial charge in [-0.15, -0.1) is 0 Å². The monoisotopic (exact) mass is 307 g/mol. The van der Waals surface area contributed by atoms with E-state index in [9.17, 15) is 8.42 Å². The SMILES string of the molecule is Cc1cc(S(=O)(=O)NC2CCCC2)ccc1C#CCCO. The van der Waals surface area contributed by atoms with Crippen LogP contribution in [-0.4, -0.2) is 26.2 Å². The third kappa shape index (κ3) is 4.31. The molecule has 1 fully saturated rings. The Labute approximate surface area is 126 Å². The molecule has 2 N–H and O–H groups in total. The number of benzene rings is 1. The first-order chi connectivity index (χ1) is 10.0. The second kappa shape index (κ2) is 7.08. The lowest BCUT2D eigenvalue weighted by Gasteiger charge is -2.13. The largest absolute Gasteiger partial charge is 0.395 e. The third-order valence-corrected chi connectivity index (χ3v) is 5.16. The van der Waals surface area contributed by atoms with E-state index in [-0.39, 0.29) is 12.6 Å². The van der Waals surface area contributed by atoms with Crippen LogP contribution in [0.5, 0.6) is 0 Å². The van der Waals surface area contributed by atoms with Crippen LogP contribution < -0.4 is 4.72 Å². The predicted molar refractivity (Wildman–Crippen MR) is 82.3 cm³/mol. The van der Waals surface area contributed by atoms with E-state index in [0.717, 1.165) is 36.8 Å². The van der Waals surface area contributed by atoms with Gasteiger partial charge in [0.05, 0.1) is 11.5 Å². The summed E-state index contributed by atoms with van der Waals surface area (Å²) in [5.41, 5.74) is 1.62. The van der Waals surface area contributed by atoms with Crippen molar-refractivity contribution < 1.29 is 13.5 Å². The molecular weight excluding hydrogens is 286 g/mol. The average Bonchev–Trinajstić information content (AvgIpc) is 2.93. The van der Waals surface area contributed by atoms with Crippen molar-refractivity contribution in [3.8, 4) is 11.8 Å². The molecule has 1 saturated carbocycles. The fraction of sp³-hybridized carbons (Fsp3) is 0.500. The van der Waals surface area contributed by atoms with Gasteiger partial charge in [0.2, 0.25) is 10.0 Å². The van der Waals surface area contributed by atoms with Crippen molar-refractivity contribution in [1.29, 1.82) is 0 Å². The molecule has 0 spiro atoms. The zero-order chi connectivity index (χ0) is 15.3. The van der Waals surface area contributed by atoms with Gasteiger partial charge in [-0.3, -0.25) is 0 Å². The lowest BCUT2D eigenvalue weighted by atomic mass is 10.1. The maximum Gasteiger partial charge on any atom is 0.240 e. The van der Waals surface area contributed by atoms with Crippen LogP contribution in [0.2, 0.25) is 0 Å². The van der Waals surface area contributed by atoms with Gasteiger partial charge in [-0.2, -0.15) is 0 Å². The number of hydrogen-bond acceptors (Lipinski definition) is 3. The number of sulfonamides is 1. The Morgan fingerprint density at radius 3 is 2.67 bits per heavy atom. The minimum Gasteiger partial charge on any atom is -0.395 e. The summed E-state index contributed by atoms with van der Waals surface area (Å²) >= 11 is 0. The van der Waals surface area contributed by atoms with Crippen LogP contribution in [0, 0.1) is 18.8 Å². The Balaban J connectivity index is 2.17. The molecule has 5 heteroatoms. The lowest BCUT2D eigenvalue weighted by Crippen LogP contribution is -2.32. The van der Waals surface area contributed by atoms with Crippen molar-refractivity contribution in [2.24, 2.45) is 0 Å². The van der Waals surface area contributed by atoms with E-state index < -0.39 is 10.0 Å². The molecule has 0 unspecified atom stereocenters. The van der Waals surface area contributed by atoms with Crippen LogP contribution >= 0.6 is 0 Å². The van der Waals surface area contributed by atoms with Crippen molar-refractivity contribution in [2.75, 3.05) is 6.61 Å². The smallest absolute Gasteiger partial charge is 0.240 e. The Kier molecular flexibility index (Phi) is 5.40. The standard InChI is InChI=1S/C16H21NO3S/c1-13-12-16(10-9-14(13)6-4-5-11-18)21(19,20)17-15-7-2-3-8-15/h9-10,12,15,17-18H,2-3,5,7-8,11H2,1H3. The summed E-state index contributed by atoms with van der Waals surface area (Å²) < 4.78 is 27.4. The fourth-order valence-corrected chi connectivity index (χ4v) is 3.88. The summed E-state index contributed by atoms with van der Waals surface area (Å²) in [6.07, 6.45) is 4.44. The summed E-state index contributed by atoms with van der Waals surface area (Å²) in [5.74, 6) is 5.78. The second-order valence-corrected chi connectivity index (χ2v) is 7.07. The summed E-state index contributed by atoms with van der Waals surface area (Å²) in [6, 6.07) is 5.04. The minimum absolute atomic E-state index is 0.0316. The normalized spacial score (nSPS) is 15.7. The number of aryl methyl sites for hydroxylation is 1. The molecule has 2 rings (SSSR count). The van der Waals surface area contributed by atoms with E-state index in [2.05, 4.69) is 16.6 Å². The minimum atomic E-state index is -3.45. The van der Waals surface area contributed by atoms with Crippen LogP contribution in [0.25, 0.3) is 0 Å². The van der Waals surface area contributed by atoms with Crippen LogP contribution in [0.1, 0.15) is 43.2 Å². The van der Waals surface area contributed by atoms with Crippen LogP contribution in [0.3, 0.4) is 0 Å². The van der Waals surface area contributed by atoms with Crippen molar-refractivity contribution in [3.05, 3.63) is 29.3 Å². The summed E-state index contributed by atoms with van der Waals surface area (Å²) in [4.78, 5) is 0.291. The molecule has 1 aliphatic carbocycles. The zero-order valence-corrected chi connectivity index (χ0v) is 13.0. The average molecular weight is 307 g/mol. The Bertz CT molecular complexity index is 650. The molecule has 0 atom stereocenters. The van der Waals surface area contributed by atoms with Gasteiger partial charge >= 0.3 is 0 Å².